The molecule has 0 fully saturated rings. The summed E-state index contributed by atoms with van der Waals surface area (Å²) in [6.45, 7) is 4.12. The van der Waals surface area contributed by atoms with Gasteiger partial charge in [-0.15, -0.1) is 0 Å². The highest BCUT2D eigenvalue weighted by molar-refractivity contribution is 5.60. The van der Waals surface area contributed by atoms with Gasteiger partial charge in [0, 0.05) is 5.56 Å². The highest BCUT2D eigenvalue weighted by Crippen LogP contribution is 2.26. The highest BCUT2D eigenvalue weighted by Gasteiger charge is 2.09. The number of hydrogen-bond donors (Lipinski definition) is 0. The van der Waals surface area contributed by atoms with Crippen LogP contribution in [0.25, 0.3) is 6.08 Å². The Balaban J connectivity index is 2.47. The summed E-state index contributed by atoms with van der Waals surface area (Å²) < 4.78 is 5.63. The van der Waals surface area contributed by atoms with Gasteiger partial charge in [0.05, 0.1) is 0 Å². The van der Waals surface area contributed by atoms with Crippen molar-refractivity contribution in [3.63, 3.8) is 0 Å². The van der Waals surface area contributed by atoms with Crippen molar-refractivity contribution < 1.29 is 4.74 Å². The van der Waals surface area contributed by atoms with E-state index in [2.05, 4.69) is 37.3 Å². The van der Waals surface area contributed by atoms with E-state index in [0.717, 1.165) is 5.75 Å². The lowest BCUT2D eigenvalue weighted by Crippen LogP contribution is -2.11. The molecular formula is C11H12O. The molecule has 0 bridgehead atoms. The van der Waals surface area contributed by atoms with Gasteiger partial charge >= 0.3 is 0 Å². The molecule has 2 rings (SSSR count). The third-order valence-corrected chi connectivity index (χ3v) is 2.03. The largest absolute Gasteiger partial charge is 0.486 e. The van der Waals surface area contributed by atoms with Crippen LogP contribution in [0.5, 0.6) is 5.75 Å². The van der Waals surface area contributed by atoms with E-state index in [1.807, 2.05) is 6.92 Å². The molecule has 1 aromatic rings. The lowest BCUT2D eigenvalue weighted by Gasteiger charge is -2.18. The van der Waals surface area contributed by atoms with Crippen molar-refractivity contribution in [2.24, 2.45) is 0 Å². The van der Waals surface area contributed by atoms with Crippen molar-refractivity contribution in [3.8, 4) is 5.75 Å². The fourth-order valence-corrected chi connectivity index (χ4v) is 1.36. The Labute approximate surface area is 72.7 Å². The van der Waals surface area contributed by atoms with E-state index in [1.54, 1.807) is 0 Å². The van der Waals surface area contributed by atoms with Crippen LogP contribution in [0.15, 0.2) is 24.3 Å². The first-order valence-corrected chi connectivity index (χ1v) is 4.21. The van der Waals surface area contributed by atoms with Gasteiger partial charge in [0.25, 0.3) is 0 Å². The second kappa shape index (κ2) is 2.67. The lowest BCUT2D eigenvalue weighted by atomic mass is 10.1. The predicted molar refractivity (Wildman–Crippen MR) is 50.3 cm³/mol. The van der Waals surface area contributed by atoms with Crippen LogP contribution >= 0.6 is 0 Å². The summed E-state index contributed by atoms with van der Waals surface area (Å²) in [6.07, 6.45) is 4.39. The molecule has 0 spiro atoms. The molecule has 1 aromatic carbocycles. The molecule has 62 valence electrons. The van der Waals surface area contributed by atoms with E-state index in [1.165, 1.54) is 11.1 Å². The molecule has 1 aliphatic heterocycles. The monoisotopic (exact) mass is 160 g/mol. The maximum absolute atomic E-state index is 5.63. The fraction of sp³-hybridized carbons (Fsp3) is 0.273. The van der Waals surface area contributed by atoms with Crippen LogP contribution < -0.4 is 4.74 Å². The fourth-order valence-electron chi connectivity index (χ4n) is 1.36. The molecule has 1 heterocycles. The number of aryl methyl sites for hydroxylation is 1. The maximum atomic E-state index is 5.63. The zero-order valence-electron chi connectivity index (χ0n) is 7.37. The van der Waals surface area contributed by atoms with Crippen LogP contribution in [-0.2, 0) is 0 Å². The summed E-state index contributed by atoms with van der Waals surface area (Å²) in [5, 5.41) is 0. The van der Waals surface area contributed by atoms with E-state index >= 15 is 0 Å². The Bertz CT molecular complexity index is 326. The van der Waals surface area contributed by atoms with Gasteiger partial charge in [0.15, 0.2) is 0 Å². The minimum Gasteiger partial charge on any atom is -0.486 e. The molecule has 0 N–H and O–H groups in total. The SMILES string of the molecule is Cc1ccc2c(c1)OC(C)C=C2. The first-order valence-electron chi connectivity index (χ1n) is 4.21. The van der Waals surface area contributed by atoms with Gasteiger partial charge in [-0.3, -0.25) is 0 Å². The number of hydrogen-bond acceptors (Lipinski definition) is 1. The van der Waals surface area contributed by atoms with Crippen LogP contribution in [0.4, 0.5) is 0 Å². The van der Waals surface area contributed by atoms with Crippen LogP contribution in [0.1, 0.15) is 18.1 Å². The van der Waals surface area contributed by atoms with Crippen molar-refractivity contribution in [1.82, 2.24) is 0 Å². The van der Waals surface area contributed by atoms with Gasteiger partial charge in [0.1, 0.15) is 11.9 Å². The molecule has 0 saturated heterocycles. The van der Waals surface area contributed by atoms with Gasteiger partial charge in [-0.25, -0.2) is 0 Å². The summed E-state index contributed by atoms with van der Waals surface area (Å²) in [5.41, 5.74) is 2.43. The Morgan fingerprint density at radius 3 is 3.00 bits per heavy atom. The first kappa shape index (κ1) is 7.41. The second-order valence-electron chi connectivity index (χ2n) is 3.22. The van der Waals surface area contributed by atoms with E-state index in [4.69, 9.17) is 4.74 Å². The van der Waals surface area contributed by atoms with Crippen molar-refractivity contribution >= 4 is 6.08 Å². The molecule has 1 nitrogen and oxygen atoms in total. The second-order valence-corrected chi connectivity index (χ2v) is 3.22. The molecule has 0 radical (unpaired) electrons. The van der Waals surface area contributed by atoms with Gasteiger partial charge in [-0.05, 0) is 31.6 Å². The standard InChI is InChI=1S/C11H12O/c1-8-3-5-10-6-4-9(2)12-11(10)7-8/h3-7,9H,1-2H3. The normalized spacial score (nSPS) is 20.0. The summed E-state index contributed by atoms with van der Waals surface area (Å²) in [6, 6.07) is 6.27. The minimum absolute atomic E-state index is 0.208. The third kappa shape index (κ3) is 1.22. The van der Waals surface area contributed by atoms with Crippen LogP contribution in [0, 0.1) is 6.92 Å². The maximum Gasteiger partial charge on any atom is 0.127 e. The zero-order valence-corrected chi connectivity index (χ0v) is 7.37. The van der Waals surface area contributed by atoms with Gasteiger partial charge in [-0.2, -0.15) is 0 Å². The molecule has 1 heteroatoms. The molecule has 1 aliphatic rings. The van der Waals surface area contributed by atoms with E-state index in [0.29, 0.717) is 0 Å². The number of ether oxygens (including phenoxy) is 1. The highest BCUT2D eigenvalue weighted by atomic mass is 16.5. The summed E-state index contributed by atoms with van der Waals surface area (Å²) in [5.74, 6) is 1.00. The zero-order chi connectivity index (χ0) is 8.55. The predicted octanol–water partition coefficient (Wildman–Crippen LogP) is 2.79. The Morgan fingerprint density at radius 2 is 2.17 bits per heavy atom. The van der Waals surface area contributed by atoms with Crippen molar-refractivity contribution in [3.05, 3.63) is 35.4 Å². The molecule has 1 unspecified atom stereocenters. The Hall–Kier alpha value is -1.24. The summed E-state index contributed by atoms with van der Waals surface area (Å²) in [7, 11) is 0. The smallest absolute Gasteiger partial charge is 0.127 e. The minimum atomic E-state index is 0.208. The van der Waals surface area contributed by atoms with Crippen LogP contribution in [0.2, 0.25) is 0 Å². The molecule has 12 heavy (non-hydrogen) atoms. The van der Waals surface area contributed by atoms with Crippen molar-refractivity contribution in [1.29, 1.82) is 0 Å². The van der Waals surface area contributed by atoms with E-state index < -0.39 is 0 Å². The number of benzene rings is 1. The van der Waals surface area contributed by atoms with Crippen molar-refractivity contribution in [2.45, 2.75) is 20.0 Å². The summed E-state index contributed by atoms with van der Waals surface area (Å²) in [4.78, 5) is 0. The van der Waals surface area contributed by atoms with Crippen LogP contribution in [-0.4, -0.2) is 6.10 Å². The number of fused-ring (bicyclic) bond motifs is 1. The van der Waals surface area contributed by atoms with Crippen LogP contribution in [0.3, 0.4) is 0 Å². The van der Waals surface area contributed by atoms with Gasteiger partial charge < -0.3 is 4.74 Å². The topological polar surface area (TPSA) is 9.23 Å². The number of rotatable bonds is 0. The molecule has 0 aromatic heterocycles. The average molecular weight is 160 g/mol. The molecular weight excluding hydrogens is 148 g/mol. The van der Waals surface area contributed by atoms with Crippen molar-refractivity contribution in [2.75, 3.05) is 0 Å². The molecule has 0 amide bonds. The van der Waals surface area contributed by atoms with Gasteiger partial charge in [-0.1, -0.05) is 18.2 Å². The molecule has 1 atom stereocenters. The lowest BCUT2D eigenvalue weighted by molar-refractivity contribution is 0.266. The van der Waals surface area contributed by atoms with Gasteiger partial charge in [0.2, 0.25) is 0 Å². The quantitative estimate of drug-likeness (QED) is 0.567. The first-order chi connectivity index (χ1) is 5.75. The third-order valence-electron chi connectivity index (χ3n) is 2.03. The molecule has 0 aliphatic carbocycles. The Kier molecular flexibility index (Phi) is 1.65. The van der Waals surface area contributed by atoms with E-state index in [-0.39, 0.29) is 6.10 Å². The van der Waals surface area contributed by atoms with E-state index in [9.17, 15) is 0 Å². The average Bonchev–Trinajstić information content (AvgIpc) is 2.03. The summed E-state index contributed by atoms with van der Waals surface area (Å²) >= 11 is 0. The molecule has 0 saturated carbocycles. The Morgan fingerprint density at radius 1 is 1.33 bits per heavy atom.